The molecule has 6 unspecified atom stereocenters. The topological polar surface area (TPSA) is 136 Å². The average Bonchev–Trinajstić information content (AvgIpc) is 3.43. The molecule has 4 aliphatic rings. The highest BCUT2D eigenvalue weighted by Crippen LogP contribution is 2.55. The largest absolute Gasteiger partial charge is 0.458 e. The monoisotopic (exact) mass is 587 g/mol. The maximum Gasteiger partial charge on any atom is 0.327 e. The van der Waals surface area contributed by atoms with Gasteiger partial charge in [-0.1, -0.05) is 12.1 Å². The van der Waals surface area contributed by atoms with E-state index in [1.54, 1.807) is 0 Å². The van der Waals surface area contributed by atoms with Crippen LogP contribution in [-0.4, -0.2) is 84.9 Å². The van der Waals surface area contributed by atoms with Crippen LogP contribution in [0.4, 0.5) is 0 Å². The number of aliphatic hydroxyl groups is 1. The Labute approximate surface area is 209 Å². The van der Waals surface area contributed by atoms with Crippen LogP contribution in [0, 0.1) is 8.99 Å². The number of amides is 2. The Kier molecular flexibility index (Phi) is 6.79. The van der Waals surface area contributed by atoms with E-state index in [1.807, 2.05) is 24.3 Å². The fourth-order valence-electron chi connectivity index (χ4n) is 5.34. The van der Waals surface area contributed by atoms with Gasteiger partial charge in [0.25, 0.3) is 0 Å². The Morgan fingerprint density at radius 1 is 1.15 bits per heavy atom. The molecule has 4 fully saturated rings. The minimum absolute atomic E-state index is 0.0355. The Morgan fingerprint density at radius 3 is 2.68 bits per heavy atom. The van der Waals surface area contributed by atoms with Gasteiger partial charge in [-0.25, -0.2) is 0 Å². The number of halogens is 1. The lowest BCUT2D eigenvalue weighted by molar-refractivity contribution is -0.201. The van der Waals surface area contributed by atoms with E-state index in [9.17, 15) is 14.4 Å². The summed E-state index contributed by atoms with van der Waals surface area (Å²) in [6.07, 6.45) is -2.13. The number of fused-ring (bicyclic) bond motifs is 4. The molecule has 0 aromatic heterocycles. The molecule has 184 valence electrons. The van der Waals surface area contributed by atoms with Crippen LogP contribution in [0.5, 0.6) is 0 Å². The van der Waals surface area contributed by atoms with Crippen molar-refractivity contribution in [3.05, 3.63) is 33.4 Å². The third-order valence-corrected chi connectivity index (χ3v) is 7.54. The van der Waals surface area contributed by atoms with Crippen LogP contribution in [-0.2, 0) is 40.0 Å². The summed E-state index contributed by atoms with van der Waals surface area (Å²) < 4.78 is 18.3. The molecule has 5 rings (SSSR count). The summed E-state index contributed by atoms with van der Waals surface area (Å²) in [5.41, 5.74) is -0.315. The van der Waals surface area contributed by atoms with Gasteiger partial charge in [-0.05, 0) is 40.3 Å². The third-order valence-electron chi connectivity index (χ3n) is 6.82. The van der Waals surface area contributed by atoms with Crippen molar-refractivity contribution in [1.29, 1.82) is 0 Å². The number of carbonyl (C=O) groups excluding carboxylic acids is 3. The molecular weight excluding hydrogens is 561 g/mol. The van der Waals surface area contributed by atoms with E-state index in [1.165, 1.54) is 5.06 Å². The van der Waals surface area contributed by atoms with Crippen molar-refractivity contribution in [3.63, 3.8) is 0 Å². The molecule has 0 radical (unpaired) electrons. The van der Waals surface area contributed by atoms with E-state index >= 15 is 0 Å². The zero-order valence-electron chi connectivity index (χ0n) is 18.3. The number of benzene rings is 1. The Bertz CT molecular complexity index is 962. The second-order valence-corrected chi connectivity index (χ2v) is 10.1. The summed E-state index contributed by atoms with van der Waals surface area (Å²) in [5, 5.41) is 15.7. The van der Waals surface area contributed by atoms with Crippen molar-refractivity contribution < 1.29 is 38.5 Å². The molecule has 2 bridgehead atoms. The molecule has 1 aromatic rings. The first kappa shape index (κ1) is 23.9. The molecular formula is C22H26IN3O8. The highest BCUT2D eigenvalue weighted by Gasteiger charge is 2.74. The number of hydrogen-bond donors (Lipinski definition) is 3. The molecule has 1 saturated carbocycles. The third kappa shape index (κ3) is 4.09. The van der Waals surface area contributed by atoms with Gasteiger partial charge in [0.05, 0.1) is 13.2 Å². The molecule has 0 spiro atoms. The highest BCUT2D eigenvalue weighted by molar-refractivity contribution is 14.1. The molecule has 3 heterocycles. The molecule has 12 heteroatoms. The van der Waals surface area contributed by atoms with Gasteiger partial charge in [0.1, 0.15) is 36.6 Å². The van der Waals surface area contributed by atoms with Gasteiger partial charge in [0, 0.05) is 29.5 Å². The number of nitrogens with one attached hydrogen (secondary N) is 2. The van der Waals surface area contributed by atoms with E-state index in [0.29, 0.717) is 0 Å². The Hall–Kier alpha value is -1.84. The molecule has 1 aliphatic carbocycles. The number of esters is 1. The van der Waals surface area contributed by atoms with Crippen LogP contribution in [0.3, 0.4) is 0 Å². The lowest BCUT2D eigenvalue weighted by Crippen LogP contribution is -2.69. The van der Waals surface area contributed by atoms with Crippen molar-refractivity contribution in [2.75, 3.05) is 26.5 Å². The average molecular weight is 587 g/mol. The highest BCUT2D eigenvalue weighted by atomic mass is 127. The van der Waals surface area contributed by atoms with Gasteiger partial charge < -0.3 is 30.0 Å². The second-order valence-electron chi connectivity index (χ2n) is 8.81. The molecule has 3 saturated heterocycles. The number of nitrogens with zero attached hydrogens (tertiary/aromatic N) is 1. The number of rotatable bonds is 8. The van der Waals surface area contributed by atoms with Gasteiger partial charge in [0.2, 0.25) is 11.8 Å². The van der Waals surface area contributed by atoms with E-state index < -0.39 is 41.8 Å². The lowest BCUT2D eigenvalue weighted by Gasteiger charge is -2.48. The molecule has 3 N–H and O–H groups in total. The number of aliphatic hydroxyl groups excluding tert-OH is 1. The van der Waals surface area contributed by atoms with Crippen molar-refractivity contribution in [3.8, 4) is 0 Å². The van der Waals surface area contributed by atoms with Gasteiger partial charge in [-0.15, -0.1) is 0 Å². The smallest absolute Gasteiger partial charge is 0.327 e. The summed E-state index contributed by atoms with van der Waals surface area (Å²) in [6, 6.07) is 6.85. The summed E-state index contributed by atoms with van der Waals surface area (Å²) in [5.74, 6) is -1.20. The predicted octanol–water partition coefficient (Wildman–Crippen LogP) is -0.553. The predicted molar refractivity (Wildman–Crippen MR) is 123 cm³/mol. The maximum atomic E-state index is 13.7. The molecule has 1 aromatic carbocycles. The van der Waals surface area contributed by atoms with Crippen molar-refractivity contribution in [2.45, 2.75) is 49.8 Å². The van der Waals surface area contributed by atoms with Crippen LogP contribution < -0.4 is 10.6 Å². The molecule has 3 aliphatic heterocycles. The summed E-state index contributed by atoms with van der Waals surface area (Å²) in [6.45, 7) is 0.393. The van der Waals surface area contributed by atoms with E-state index in [-0.39, 0.29) is 57.7 Å². The van der Waals surface area contributed by atoms with Gasteiger partial charge >= 0.3 is 5.97 Å². The summed E-state index contributed by atoms with van der Waals surface area (Å²) in [7, 11) is 0. The quantitative estimate of drug-likeness (QED) is 0.271. The van der Waals surface area contributed by atoms with E-state index in [2.05, 4.69) is 33.2 Å². The first-order chi connectivity index (χ1) is 16.4. The van der Waals surface area contributed by atoms with Gasteiger partial charge in [0.15, 0.2) is 6.04 Å². The minimum Gasteiger partial charge on any atom is -0.458 e. The first-order valence-corrected chi connectivity index (χ1v) is 12.3. The summed E-state index contributed by atoms with van der Waals surface area (Å²) in [4.78, 5) is 45.0. The van der Waals surface area contributed by atoms with Gasteiger partial charge in [-0.2, -0.15) is 5.06 Å². The zero-order valence-corrected chi connectivity index (χ0v) is 20.4. The normalized spacial score (nSPS) is 33.8. The Balaban J connectivity index is 1.40. The lowest BCUT2D eigenvalue weighted by atomic mass is 9.62. The molecule has 11 nitrogen and oxygen atoms in total. The fourth-order valence-corrected chi connectivity index (χ4v) is 5.70. The van der Waals surface area contributed by atoms with Gasteiger partial charge in [-0.3, -0.25) is 19.2 Å². The summed E-state index contributed by atoms with van der Waals surface area (Å²) >= 11 is 2.22. The van der Waals surface area contributed by atoms with Crippen LogP contribution >= 0.6 is 22.6 Å². The molecule has 2 amide bonds. The van der Waals surface area contributed by atoms with Crippen LogP contribution in [0.2, 0.25) is 0 Å². The fraction of sp³-hybridized carbons (Fsp3) is 0.591. The number of hydrogen-bond acceptors (Lipinski definition) is 9. The zero-order chi connectivity index (χ0) is 23.9. The molecule has 34 heavy (non-hydrogen) atoms. The van der Waals surface area contributed by atoms with Crippen LogP contribution in [0.25, 0.3) is 0 Å². The van der Waals surface area contributed by atoms with E-state index in [4.69, 9.17) is 24.2 Å². The number of hydroxylamine groups is 2. The first-order valence-electron chi connectivity index (χ1n) is 11.2. The number of carbonyl (C=O) groups is 3. The Morgan fingerprint density at radius 2 is 1.91 bits per heavy atom. The van der Waals surface area contributed by atoms with Crippen molar-refractivity contribution in [2.24, 2.45) is 5.41 Å². The van der Waals surface area contributed by atoms with Crippen LogP contribution in [0.15, 0.2) is 24.3 Å². The second kappa shape index (κ2) is 9.66. The minimum atomic E-state index is -1.24. The SMILES string of the molecule is O=C(CCNC(=O)C12CC3OC(=O)C1N(Cc1ccc(I)cc1)OC2C1OCOC31)NCCO. The maximum absolute atomic E-state index is 13.7. The van der Waals surface area contributed by atoms with Crippen LogP contribution in [0.1, 0.15) is 18.4 Å². The number of ether oxygens (including phenoxy) is 3. The standard InChI is InChI=1S/C22H26IN3O8/c23-13-3-1-12(2-4-13)10-26-18-20(29)33-14-9-22(18,19(34-26)17-16(14)31-11-32-17)21(30)25-6-5-15(28)24-7-8-27/h1-4,14,16-19,27H,5-11H2,(H,24,28)(H,25,30). The molecule has 6 atom stereocenters. The van der Waals surface area contributed by atoms with Crippen molar-refractivity contribution in [1.82, 2.24) is 15.7 Å². The van der Waals surface area contributed by atoms with Crippen molar-refractivity contribution >= 4 is 40.4 Å². The van der Waals surface area contributed by atoms with E-state index in [0.717, 1.165) is 9.13 Å².